The van der Waals surface area contributed by atoms with E-state index in [2.05, 4.69) is 11.9 Å². The molecule has 1 heterocycles. The van der Waals surface area contributed by atoms with Gasteiger partial charge in [0.15, 0.2) is 0 Å². The van der Waals surface area contributed by atoms with Crippen molar-refractivity contribution in [3.8, 4) is 0 Å². The molecule has 1 aromatic rings. The van der Waals surface area contributed by atoms with Gasteiger partial charge in [0.2, 0.25) is 5.91 Å². The maximum Gasteiger partial charge on any atom is 0.416 e. The molecule has 1 saturated heterocycles. The van der Waals surface area contributed by atoms with Gasteiger partial charge >= 0.3 is 6.18 Å². The Bertz CT molecular complexity index is 464. The second-order valence-electron chi connectivity index (χ2n) is 4.26. The Kier molecular flexibility index (Phi) is 3.15. The van der Waals surface area contributed by atoms with Gasteiger partial charge in [0.25, 0.3) is 0 Å². The lowest BCUT2D eigenvalue weighted by Crippen LogP contribution is -2.25. The second-order valence-corrected chi connectivity index (χ2v) is 4.26. The molecule has 0 aromatic heterocycles. The fraction of sp³-hybridized carbons (Fsp3) is 0.308. The molecule has 1 amide bonds. The van der Waals surface area contributed by atoms with Crippen LogP contribution in [-0.2, 0) is 11.0 Å². The van der Waals surface area contributed by atoms with Gasteiger partial charge in [0.05, 0.1) is 11.6 Å². The van der Waals surface area contributed by atoms with Crippen LogP contribution in [-0.4, -0.2) is 11.9 Å². The van der Waals surface area contributed by atoms with E-state index in [-0.39, 0.29) is 24.3 Å². The van der Waals surface area contributed by atoms with Crippen LogP contribution in [0.25, 0.3) is 0 Å². The van der Waals surface area contributed by atoms with Crippen molar-refractivity contribution >= 4 is 5.91 Å². The first-order valence-electron chi connectivity index (χ1n) is 5.51. The zero-order valence-corrected chi connectivity index (χ0v) is 9.50. The van der Waals surface area contributed by atoms with Gasteiger partial charge in [-0.2, -0.15) is 13.2 Å². The molecule has 18 heavy (non-hydrogen) atoms. The van der Waals surface area contributed by atoms with E-state index in [0.717, 1.165) is 12.1 Å². The summed E-state index contributed by atoms with van der Waals surface area (Å²) in [4.78, 5) is 11.3. The summed E-state index contributed by atoms with van der Waals surface area (Å²) in [6.07, 6.45) is -2.45. The highest BCUT2D eigenvalue weighted by atomic mass is 19.4. The minimum atomic E-state index is -4.33. The highest BCUT2D eigenvalue weighted by molar-refractivity contribution is 5.80. The van der Waals surface area contributed by atoms with Crippen molar-refractivity contribution < 1.29 is 18.0 Å². The predicted molar refractivity (Wildman–Crippen MR) is 60.9 cm³/mol. The average Bonchev–Trinajstić information content (AvgIpc) is 2.69. The van der Waals surface area contributed by atoms with E-state index in [4.69, 9.17) is 0 Å². The lowest BCUT2D eigenvalue weighted by Gasteiger charge is -2.16. The Morgan fingerprint density at radius 3 is 2.39 bits per heavy atom. The molecule has 1 aliphatic heterocycles. The molecule has 0 bridgehead atoms. The molecule has 2 rings (SSSR count). The Labute approximate surface area is 102 Å². The van der Waals surface area contributed by atoms with Crippen LogP contribution in [0, 0.1) is 0 Å². The number of rotatable bonds is 2. The molecular weight excluding hydrogens is 243 g/mol. The van der Waals surface area contributed by atoms with Crippen LogP contribution >= 0.6 is 0 Å². The topological polar surface area (TPSA) is 29.1 Å². The summed E-state index contributed by atoms with van der Waals surface area (Å²) >= 11 is 0. The second kappa shape index (κ2) is 4.48. The molecule has 1 aromatic carbocycles. The van der Waals surface area contributed by atoms with E-state index in [0.29, 0.717) is 5.56 Å². The number of carbonyl (C=O) groups excluding carboxylic acids is 1. The standard InChI is InChI=1S/C13H12F3NO/c1-2-11-10(7-12(18)17-11)8-3-5-9(6-4-8)13(14,15)16/h2-6,10-11H,1,7H2,(H,17,18). The lowest BCUT2D eigenvalue weighted by molar-refractivity contribution is -0.137. The quantitative estimate of drug-likeness (QED) is 0.809. The first kappa shape index (κ1) is 12.7. The minimum Gasteiger partial charge on any atom is -0.349 e. The molecule has 2 nitrogen and oxygen atoms in total. The molecule has 0 spiro atoms. The molecule has 1 N–H and O–H groups in total. The molecule has 0 saturated carbocycles. The molecule has 96 valence electrons. The van der Waals surface area contributed by atoms with Crippen molar-refractivity contribution in [2.24, 2.45) is 0 Å². The van der Waals surface area contributed by atoms with Gasteiger partial charge in [-0.25, -0.2) is 0 Å². The number of nitrogens with one attached hydrogen (secondary N) is 1. The lowest BCUT2D eigenvalue weighted by atomic mass is 9.91. The molecule has 5 heteroatoms. The number of hydrogen-bond donors (Lipinski definition) is 1. The van der Waals surface area contributed by atoms with E-state index in [1.165, 1.54) is 12.1 Å². The zero-order valence-electron chi connectivity index (χ0n) is 9.50. The summed E-state index contributed by atoms with van der Waals surface area (Å²) < 4.78 is 37.3. The number of halogens is 3. The van der Waals surface area contributed by atoms with Gasteiger partial charge in [0.1, 0.15) is 0 Å². The molecule has 0 aliphatic carbocycles. The molecule has 0 radical (unpaired) electrons. The third-order valence-corrected chi connectivity index (χ3v) is 3.09. The van der Waals surface area contributed by atoms with Gasteiger partial charge in [0, 0.05) is 12.3 Å². The van der Waals surface area contributed by atoms with Crippen molar-refractivity contribution in [2.45, 2.75) is 24.6 Å². The van der Waals surface area contributed by atoms with Crippen molar-refractivity contribution in [3.63, 3.8) is 0 Å². The van der Waals surface area contributed by atoms with Crippen molar-refractivity contribution in [3.05, 3.63) is 48.0 Å². The predicted octanol–water partition coefficient (Wildman–Crippen LogP) is 2.86. The molecule has 1 fully saturated rings. The highest BCUT2D eigenvalue weighted by Gasteiger charge is 2.33. The van der Waals surface area contributed by atoms with E-state index in [1.807, 2.05) is 0 Å². The zero-order chi connectivity index (χ0) is 13.3. The summed E-state index contributed by atoms with van der Waals surface area (Å²) in [6, 6.07) is 4.71. The van der Waals surface area contributed by atoms with Gasteiger partial charge in [-0.05, 0) is 17.7 Å². The van der Waals surface area contributed by atoms with Crippen LogP contribution in [0.4, 0.5) is 13.2 Å². The fourth-order valence-corrected chi connectivity index (χ4v) is 2.14. The van der Waals surface area contributed by atoms with Gasteiger partial charge < -0.3 is 5.32 Å². The van der Waals surface area contributed by atoms with Crippen LogP contribution in [0.1, 0.15) is 23.5 Å². The molecule has 2 atom stereocenters. The number of amides is 1. The molecular formula is C13H12F3NO. The Balaban J connectivity index is 2.24. The molecule has 1 aliphatic rings. The van der Waals surface area contributed by atoms with Gasteiger partial charge in [-0.3, -0.25) is 4.79 Å². The average molecular weight is 255 g/mol. The van der Waals surface area contributed by atoms with Crippen LogP contribution in [0.2, 0.25) is 0 Å². The number of benzene rings is 1. The number of carbonyl (C=O) groups is 1. The maximum atomic E-state index is 12.4. The largest absolute Gasteiger partial charge is 0.416 e. The smallest absolute Gasteiger partial charge is 0.349 e. The summed E-state index contributed by atoms with van der Waals surface area (Å²) in [5.41, 5.74) is 0.0323. The van der Waals surface area contributed by atoms with Gasteiger partial charge in [-0.15, -0.1) is 6.58 Å². The van der Waals surface area contributed by atoms with Crippen molar-refractivity contribution in [2.75, 3.05) is 0 Å². The Morgan fingerprint density at radius 1 is 1.28 bits per heavy atom. The van der Waals surface area contributed by atoms with E-state index in [1.54, 1.807) is 6.08 Å². The first-order valence-corrected chi connectivity index (χ1v) is 5.51. The summed E-state index contributed by atoms with van der Waals surface area (Å²) in [7, 11) is 0. The van der Waals surface area contributed by atoms with Crippen LogP contribution in [0.15, 0.2) is 36.9 Å². The normalized spacial score (nSPS) is 23.8. The van der Waals surface area contributed by atoms with E-state index < -0.39 is 11.7 Å². The summed E-state index contributed by atoms with van der Waals surface area (Å²) in [6.45, 7) is 3.61. The first-order chi connectivity index (χ1) is 8.41. The third kappa shape index (κ3) is 2.39. The monoisotopic (exact) mass is 255 g/mol. The highest BCUT2D eigenvalue weighted by Crippen LogP contribution is 2.33. The van der Waals surface area contributed by atoms with E-state index in [9.17, 15) is 18.0 Å². The van der Waals surface area contributed by atoms with Crippen LogP contribution in [0.5, 0.6) is 0 Å². The summed E-state index contributed by atoms with van der Waals surface area (Å²) in [5, 5.41) is 2.72. The SMILES string of the molecule is C=CC1NC(=O)CC1c1ccc(C(F)(F)F)cc1. The fourth-order valence-electron chi connectivity index (χ4n) is 2.14. The minimum absolute atomic E-state index is 0.107. The third-order valence-electron chi connectivity index (χ3n) is 3.09. The Hall–Kier alpha value is -1.78. The van der Waals surface area contributed by atoms with Crippen LogP contribution in [0.3, 0.4) is 0 Å². The van der Waals surface area contributed by atoms with Gasteiger partial charge in [-0.1, -0.05) is 18.2 Å². The number of alkyl halides is 3. The maximum absolute atomic E-state index is 12.4. The van der Waals surface area contributed by atoms with E-state index >= 15 is 0 Å². The Morgan fingerprint density at radius 2 is 1.89 bits per heavy atom. The van der Waals surface area contributed by atoms with Crippen molar-refractivity contribution in [1.29, 1.82) is 0 Å². The summed E-state index contributed by atoms with van der Waals surface area (Å²) in [5.74, 6) is -0.248. The molecule has 2 unspecified atom stereocenters. The van der Waals surface area contributed by atoms with Crippen LogP contribution < -0.4 is 5.32 Å². The van der Waals surface area contributed by atoms with Crippen molar-refractivity contribution in [1.82, 2.24) is 5.32 Å². The number of hydrogen-bond acceptors (Lipinski definition) is 1.